The molecule has 3 rings (SSSR count). The average molecular weight is 458 g/mol. The van der Waals surface area contributed by atoms with Crippen molar-refractivity contribution in [1.29, 1.82) is 0 Å². The maximum Gasteiger partial charge on any atom is 0.311 e. The molecule has 0 saturated heterocycles. The molecule has 4 N–H and O–H groups in total. The Labute approximate surface area is 192 Å². The van der Waals surface area contributed by atoms with Gasteiger partial charge >= 0.3 is 5.97 Å². The Morgan fingerprint density at radius 1 is 1.38 bits per heavy atom. The van der Waals surface area contributed by atoms with Crippen LogP contribution >= 0.6 is 12.2 Å². The van der Waals surface area contributed by atoms with Gasteiger partial charge in [-0.2, -0.15) is 0 Å². The quantitative estimate of drug-likeness (QED) is 0.320. The number of ether oxygens (including phenoxy) is 1. The topological polar surface area (TPSA) is 126 Å². The number of nitrogens with zero attached hydrogens (tertiary/aromatic N) is 2. The zero-order chi connectivity index (χ0) is 23.3. The number of nitrogens with two attached hydrogens (primary N) is 1. The Morgan fingerprint density at radius 2 is 2.16 bits per heavy atom. The first-order valence-corrected chi connectivity index (χ1v) is 10.8. The largest absolute Gasteiger partial charge is 0.466 e. The first-order chi connectivity index (χ1) is 15.3. The van der Waals surface area contributed by atoms with Crippen molar-refractivity contribution in [2.45, 2.75) is 32.2 Å². The number of carbonyl (C=O) groups excluding carboxylic acids is 3. The highest BCUT2D eigenvalue weighted by Gasteiger charge is 2.41. The summed E-state index contributed by atoms with van der Waals surface area (Å²) >= 11 is 4.87. The molecule has 2 heterocycles. The van der Waals surface area contributed by atoms with Gasteiger partial charge in [0.15, 0.2) is 5.11 Å². The molecule has 1 aromatic rings. The molecule has 0 aliphatic carbocycles. The number of thiocarbonyl (C=S) groups is 1. The second kappa shape index (κ2) is 9.90. The fraction of sp³-hybridized carbons (Fsp3) is 0.409. The fourth-order valence-corrected chi connectivity index (χ4v) is 3.99. The van der Waals surface area contributed by atoms with Gasteiger partial charge in [0.05, 0.1) is 24.6 Å². The molecule has 0 radical (unpaired) electrons. The van der Waals surface area contributed by atoms with E-state index in [2.05, 4.69) is 15.6 Å². The van der Waals surface area contributed by atoms with Crippen LogP contribution in [0.4, 0.5) is 11.4 Å². The van der Waals surface area contributed by atoms with Crippen LogP contribution in [0.25, 0.3) is 0 Å². The Bertz CT molecular complexity index is 993. The van der Waals surface area contributed by atoms with Crippen LogP contribution in [0.3, 0.4) is 0 Å². The summed E-state index contributed by atoms with van der Waals surface area (Å²) in [5, 5.41) is 5.84. The summed E-state index contributed by atoms with van der Waals surface area (Å²) in [5.41, 5.74) is 6.89. The van der Waals surface area contributed by atoms with Crippen LogP contribution in [-0.4, -0.2) is 54.3 Å². The number of anilines is 2. The number of esters is 1. The van der Waals surface area contributed by atoms with Crippen molar-refractivity contribution in [2.24, 2.45) is 16.6 Å². The predicted octanol–water partition coefficient (Wildman–Crippen LogP) is 1.32. The molecule has 0 saturated carbocycles. The van der Waals surface area contributed by atoms with Gasteiger partial charge in [-0.3, -0.25) is 19.4 Å². The Kier molecular flexibility index (Phi) is 7.24. The van der Waals surface area contributed by atoms with Gasteiger partial charge in [-0.25, -0.2) is 0 Å². The highest BCUT2D eigenvalue weighted by atomic mass is 32.1. The normalized spacial score (nSPS) is 19.8. The molecular weight excluding hydrogens is 430 g/mol. The van der Waals surface area contributed by atoms with E-state index in [0.717, 1.165) is 11.3 Å². The molecule has 32 heavy (non-hydrogen) atoms. The van der Waals surface area contributed by atoms with Gasteiger partial charge in [0.25, 0.3) is 0 Å². The second-order valence-electron chi connectivity index (χ2n) is 7.72. The van der Waals surface area contributed by atoms with Crippen LogP contribution in [0.1, 0.15) is 25.8 Å². The first-order valence-electron chi connectivity index (χ1n) is 10.4. The Balaban J connectivity index is 1.71. The molecule has 1 aromatic carbocycles. The zero-order valence-corrected chi connectivity index (χ0v) is 18.9. The molecule has 0 spiro atoms. The van der Waals surface area contributed by atoms with E-state index in [1.807, 2.05) is 12.1 Å². The van der Waals surface area contributed by atoms with Gasteiger partial charge in [-0.15, -0.1) is 0 Å². The summed E-state index contributed by atoms with van der Waals surface area (Å²) in [5.74, 6) is -1.93. The fourth-order valence-electron chi connectivity index (χ4n) is 3.88. The number of benzene rings is 1. The third-order valence-corrected chi connectivity index (χ3v) is 5.69. The van der Waals surface area contributed by atoms with Crippen molar-refractivity contribution in [1.82, 2.24) is 5.32 Å². The van der Waals surface area contributed by atoms with Gasteiger partial charge in [0.2, 0.25) is 11.8 Å². The number of hydrogen-bond donors (Lipinski definition) is 3. The van der Waals surface area contributed by atoms with Gasteiger partial charge in [-0.1, -0.05) is 12.1 Å². The number of dihydropyridines is 1. The third kappa shape index (κ3) is 5.13. The lowest BCUT2D eigenvalue weighted by Gasteiger charge is -2.36. The smallest absolute Gasteiger partial charge is 0.311 e. The minimum Gasteiger partial charge on any atom is -0.466 e. The van der Waals surface area contributed by atoms with Crippen LogP contribution in [0, 0.1) is 5.92 Å². The number of allylic oxidation sites excluding steroid dienone is 1. The van der Waals surface area contributed by atoms with E-state index in [-0.39, 0.29) is 30.6 Å². The molecule has 170 valence electrons. The molecule has 2 amide bonds. The van der Waals surface area contributed by atoms with E-state index in [1.165, 1.54) is 0 Å². The molecule has 2 unspecified atom stereocenters. The average Bonchev–Trinajstić information content (AvgIpc) is 3.16. The second-order valence-corrected chi connectivity index (χ2v) is 8.16. The molecule has 0 aromatic heterocycles. The summed E-state index contributed by atoms with van der Waals surface area (Å²) in [4.78, 5) is 43.9. The number of carbonyl (C=O) groups is 3. The molecule has 9 nitrogen and oxygen atoms in total. The number of aliphatic imine (C=N–C) groups is 1. The molecule has 0 bridgehead atoms. The highest BCUT2D eigenvalue weighted by molar-refractivity contribution is 7.80. The van der Waals surface area contributed by atoms with Crippen LogP contribution in [0.2, 0.25) is 0 Å². The van der Waals surface area contributed by atoms with Crippen LogP contribution in [-0.2, 0) is 25.5 Å². The Hall–Kier alpha value is -3.27. The van der Waals surface area contributed by atoms with E-state index in [1.54, 1.807) is 43.2 Å². The lowest BCUT2D eigenvalue weighted by atomic mass is 9.83. The molecule has 0 fully saturated rings. The Morgan fingerprint density at radius 3 is 2.81 bits per heavy atom. The number of hydrogen-bond acceptors (Lipinski definition) is 6. The zero-order valence-electron chi connectivity index (χ0n) is 18.1. The van der Waals surface area contributed by atoms with Gasteiger partial charge in [-0.05, 0) is 56.3 Å². The minimum atomic E-state index is -1.05. The number of nitrogens with one attached hydrogen (secondary N) is 2. The SMILES string of the molecule is CCOC(=O)C(C)C1(NC(=O)CC(=O)N2CCc3ccc(NC(N)=S)cc32)C=CC=NC1. The summed E-state index contributed by atoms with van der Waals surface area (Å²) in [6, 6.07) is 5.54. The summed E-state index contributed by atoms with van der Waals surface area (Å²) in [7, 11) is 0. The molecule has 2 aliphatic heterocycles. The molecule has 10 heteroatoms. The molecule has 2 aliphatic rings. The van der Waals surface area contributed by atoms with Gasteiger partial charge in [0, 0.05) is 24.1 Å². The summed E-state index contributed by atoms with van der Waals surface area (Å²) < 4.78 is 5.13. The van der Waals surface area contributed by atoms with Crippen molar-refractivity contribution in [3.8, 4) is 0 Å². The minimum absolute atomic E-state index is 0.129. The van der Waals surface area contributed by atoms with Crippen molar-refractivity contribution in [2.75, 3.05) is 29.9 Å². The van der Waals surface area contributed by atoms with E-state index >= 15 is 0 Å². The van der Waals surface area contributed by atoms with Crippen molar-refractivity contribution < 1.29 is 19.1 Å². The third-order valence-electron chi connectivity index (χ3n) is 5.58. The van der Waals surface area contributed by atoms with Crippen molar-refractivity contribution >= 4 is 52.7 Å². The van der Waals surface area contributed by atoms with Crippen LogP contribution in [0.5, 0.6) is 0 Å². The molecular formula is C22H27N5O4S. The highest BCUT2D eigenvalue weighted by Crippen LogP contribution is 2.31. The first kappa shape index (κ1) is 23.4. The van der Waals surface area contributed by atoms with Crippen LogP contribution in [0.15, 0.2) is 35.3 Å². The number of fused-ring (bicyclic) bond motifs is 1. The maximum atomic E-state index is 13.0. The monoisotopic (exact) mass is 457 g/mol. The number of rotatable bonds is 7. The van der Waals surface area contributed by atoms with E-state index < -0.39 is 23.3 Å². The van der Waals surface area contributed by atoms with Crippen LogP contribution < -0.4 is 21.3 Å². The van der Waals surface area contributed by atoms with Crippen molar-refractivity contribution in [3.05, 3.63) is 35.9 Å². The standard InChI is InChI=1S/C22H27N5O4S/c1-3-31-20(30)14(2)22(8-4-9-24-13-22)26-18(28)12-19(29)27-10-7-15-5-6-16(11-17(15)27)25-21(23)32/h4-6,8-9,11,14H,3,7,10,12-13H2,1-2H3,(H,26,28)(H3,23,25,32). The summed E-state index contributed by atoms with van der Waals surface area (Å²) in [6.45, 7) is 4.30. The number of amides is 2. The lowest BCUT2D eigenvalue weighted by molar-refractivity contribution is -0.149. The van der Waals surface area contributed by atoms with Gasteiger partial charge < -0.3 is 26.0 Å². The summed E-state index contributed by atoms with van der Waals surface area (Å²) in [6.07, 6.45) is 5.34. The van der Waals surface area contributed by atoms with E-state index in [0.29, 0.717) is 18.7 Å². The predicted molar refractivity (Wildman–Crippen MR) is 127 cm³/mol. The maximum absolute atomic E-state index is 13.0. The van der Waals surface area contributed by atoms with Crippen molar-refractivity contribution in [3.63, 3.8) is 0 Å². The molecule has 2 atom stereocenters. The van der Waals surface area contributed by atoms with Gasteiger partial charge in [0.1, 0.15) is 6.42 Å². The van der Waals surface area contributed by atoms with E-state index in [4.69, 9.17) is 22.7 Å². The lowest BCUT2D eigenvalue weighted by Crippen LogP contribution is -2.57. The van der Waals surface area contributed by atoms with E-state index in [9.17, 15) is 14.4 Å².